The van der Waals surface area contributed by atoms with Crippen LogP contribution in [0.25, 0.3) is 0 Å². The Hall–Kier alpha value is -1.61. The van der Waals surface area contributed by atoms with Crippen LogP contribution in [-0.4, -0.2) is 54.5 Å². The standard InChI is InChI=1S/C21H37NO6Si/c1-15(20(23)22(5)26-8)17-11-16(13-28-29(9,10)21(2,3)4)18(25-7)12-19(17)27-14-24-6/h11-12,15H,13-14H2,1-10H3/t15-/m1/s1. The second-order valence-corrected chi connectivity index (χ2v) is 13.4. The first-order chi connectivity index (χ1) is 13.4. The molecule has 0 radical (unpaired) electrons. The summed E-state index contributed by atoms with van der Waals surface area (Å²) in [7, 11) is 4.25. The first-order valence-corrected chi connectivity index (χ1v) is 12.6. The third-order valence-corrected chi connectivity index (χ3v) is 10.0. The summed E-state index contributed by atoms with van der Waals surface area (Å²) in [6.45, 7) is 13.3. The van der Waals surface area contributed by atoms with E-state index >= 15 is 0 Å². The zero-order valence-corrected chi connectivity index (χ0v) is 20.5. The Morgan fingerprint density at radius 2 is 1.76 bits per heavy atom. The highest BCUT2D eigenvalue weighted by atomic mass is 28.4. The van der Waals surface area contributed by atoms with Crippen LogP contribution in [0.15, 0.2) is 12.1 Å². The summed E-state index contributed by atoms with van der Waals surface area (Å²) in [5, 5.41) is 1.30. The minimum Gasteiger partial charge on any atom is -0.496 e. The fraction of sp³-hybridized carbons (Fsp3) is 0.667. The van der Waals surface area contributed by atoms with E-state index < -0.39 is 14.2 Å². The number of methoxy groups -OCH3 is 2. The second-order valence-electron chi connectivity index (χ2n) is 8.54. The first-order valence-electron chi connectivity index (χ1n) is 9.67. The van der Waals surface area contributed by atoms with Crippen molar-refractivity contribution in [1.82, 2.24) is 5.06 Å². The van der Waals surface area contributed by atoms with Gasteiger partial charge in [-0.1, -0.05) is 20.8 Å². The topological polar surface area (TPSA) is 66.5 Å². The van der Waals surface area contributed by atoms with E-state index in [0.29, 0.717) is 18.1 Å². The van der Waals surface area contributed by atoms with Crippen molar-refractivity contribution in [2.24, 2.45) is 0 Å². The fourth-order valence-corrected chi connectivity index (χ4v) is 3.43. The number of nitrogens with zero attached hydrogens (tertiary/aromatic N) is 1. The average molecular weight is 428 g/mol. The molecule has 1 atom stereocenters. The van der Waals surface area contributed by atoms with Gasteiger partial charge in [0.2, 0.25) is 0 Å². The van der Waals surface area contributed by atoms with E-state index in [1.807, 2.05) is 13.0 Å². The lowest BCUT2D eigenvalue weighted by Crippen LogP contribution is -2.40. The molecule has 1 amide bonds. The van der Waals surface area contributed by atoms with E-state index in [4.69, 9.17) is 23.5 Å². The molecular formula is C21H37NO6Si. The summed E-state index contributed by atoms with van der Waals surface area (Å²) in [5.74, 6) is 0.518. The van der Waals surface area contributed by atoms with Crippen molar-refractivity contribution in [1.29, 1.82) is 0 Å². The lowest BCUT2D eigenvalue weighted by Gasteiger charge is -2.36. The van der Waals surface area contributed by atoms with Crippen molar-refractivity contribution >= 4 is 14.2 Å². The van der Waals surface area contributed by atoms with Crippen LogP contribution < -0.4 is 9.47 Å². The third kappa shape index (κ3) is 6.43. The average Bonchev–Trinajstić information content (AvgIpc) is 2.67. The Morgan fingerprint density at radius 1 is 1.14 bits per heavy atom. The van der Waals surface area contributed by atoms with Gasteiger partial charge in [-0.25, -0.2) is 5.06 Å². The van der Waals surface area contributed by atoms with Gasteiger partial charge in [0.15, 0.2) is 15.1 Å². The van der Waals surface area contributed by atoms with Crippen molar-refractivity contribution in [3.63, 3.8) is 0 Å². The number of carbonyl (C=O) groups is 1. The molecule has 1 rings (SSSR count). The van der Waals surface area contributed by atoms with Gasteiger partial charge in [-0.15, -0.1) is 0 Å². The van der Waals surface area contributed by atoms with Crippen LogP contribution in [0, 0.1) is 0 Å². The van der Waals surface area contributed by atoms with E-state index in [1.165, 1.54) is 12.2 Å². The molecule has 0 saturated carbocycles. The predicted octanol–water partition coefficient (Wildman–Crippen LogP) is 4.32. The molecule has 0 heterocycles. The zero-order chi connectivity index (χ0) is 22.4. The lowest BCUT2D eigenvalue weighted by atomic mass is 9.96. The third-order valence-electron chi connectivity index (χ3n) is 5.56. The van der Waals surface area contributed by atoms with Crippen LogP contribution in [-0.2, 0) is 25.4 Å². The van der Waals surface area contributed by atoms with Gasteiger partial charge in [-0.3, -0.25) is 9.63 Å². The molecule has 0 aliphatic rings. The molecule has 0 N–H and O–H groups in total. The van der Waals surface area contributed by atoms with Gasteiger partial charge in [-0.05, 0) is 31.1 Å². The number of hydroxylamine groups is 2. The number of ether oxygens (including phenoxy) is 3. The summed E-state index contributed by atoms with van der Waals surface area (Å²) in [6.07, 6.45) is 0. The molecule has 7 nitrogen and oxygen atoms in total. The molecule has 1 aromatic carbocycles. The largest absolute Gasteiger partial charge is 0.496 e. The minimum absolute atomic E-state index is 0.0665. The second kappa shape index (κ2) is 10.4. The summed E-state index contributed by atoms with van der Waals surface area (Å²) >= 11 is 0. The van der Waals surface area contributed by atoms with Gasteiger partial charge in [0.25, 0.3) is 5.91 Å². The number of benzene rings is 1. The van der Waals surface area contributed by atoms with Gasteiger partial charge >= 0.3 is 0 Å². The number of rotatable bonds is 10. The van der Waals surface area contributed by atoms with Crippen LogP contribution in [0.4, 0.5) is 0 Å². The van der Waals surface area contributed by atoms with Crippen molar-refractivity contribution in [2.45, 2.75) is 58.4 Å². The molecule has 0 aliphatic heterocycles. The molecule has 0 spiro atoms. The van der Waals surface area contributed by atoms with Gasteiger partial charge in [0.05, 0.1) is 26.7 Å². The summed E-state index contributed by atoms with van der Waals surface area (Å²) < 4.78 is 22.7. The van der Waals surface area contributed by atoms with Crippen molar-refractivity contribution in [3.8, 4) is 11.5 Å². The number of hydrogen-bond donors (Lipinski definition) is 0. The van der Waals surface area contributed by atoms with E-state index in [-0.39, 0.29) is 17.7 Å². The molecule has 0 saturated heterocycles. The maximum Gasteiger partial charge on any atom is 0.253 e. The summed E-state index contributed by atoms with van der Waals surface area (Å²) in [4.78, 5) is 17.7. The predicted molar refractivity (Wildman–Crippen MR) is 116 cm³/mol. The monoisotopic (exact) mass is 427 g/mol. The van der Waals surface area contributed by atoms with Gasteiger partial charge in [-0.2, -0.15) is 0 Å². The normalized spacial score (nSPS) is 13.2. The van der Waals surface area contributed by atoms with Crippen LogP contribution in [0.2, 0.25) is 18.1 Å². The molecule has 29 heavy (non-hydrogen) atoms. The highest BCUT2D eigenvalue weighted by Gasteiger charge is 2.37. The minimum atomic E-state index is -1.95. The number of hydrogen-bond acceptors (Lipinski definition) is 6. The Labute approximate surface area is 176 Å². The van der Waals surface area contributed by atoms with Crippen LogP contribution in [0.1, 0.15) is 44.7 Å². The molecule has 8 heteroatoms. The molecule has 0 fully saturated rings. The van der Waals surface area contributed by atoms with E-state index in [2.05, 4.69) is 33.9 Å². The van der Waals surface area contributed by atoms with Gasteiger partial charge < -0.3 is 18.6 Å². The molecule has 0 bridgehead atoms. The van der Waals surface area contributed by atoms with Crippen molar-refractivity contribution < 1.29 is 28.3 Å². The number of amides is 1. The SMILES string of the molecule is COCOc1cc(OC)c(CO[Si](C)(C)C(C)(C)C)cc1[C@@H](C)C(=O)N(C)OC. The molecule has 0 aliphatic carbocycles. The molecule has 0 aromatic heterocycles. The molecule has 1 aromatic rings. The number of likely N-dealkylation sites (N-methyl/N-ethyl adjacent to an activating group) is 1. The first kappa shape index (κ1) is 25.4. The summed E-state index contributed by atoms with van der Waals surface area (Å²) in [5.41, 5.74) is 1.60. The Bertz CT molecular complexity index is 686. The molecule has 0 unspecified atom stereocenters. The molecule has 166 valence electrons. The van der Waals surface area contributed by atoms with Crippen LogP contribution in [0.3, 0.4) is 0 Å². The highest BCUT2D eigenvalue weighted by molar-refractivity contribution is 6.74. The zero-order valence-electron chi connectivity index (χ0n) is 19.5. The van der Waals surface area contributed by atoms with Gasteiger partial charge in [0, 0.05) is 31.4 Å². The van der Waals surface area contributed by atoms with Crippen LogP contribution >= 0.6 is 0 Å². The van der Waals surface area contributed by atoms with E-state index in [1.54, 1.807) is 27.3 Å². The van der Waals surface area contributed by atoms with E-state index in [9.17, 15) is 4.79 Å². The van der Waals surface area contributed by atoms with Crippen LogP contribution in [0.5, 0.6) is 11.5 Å². The summed E-state index contributed by atoms with van der Waals surface area (Å²) in [6, 6.07) is 3.71. The Morgan fingerprint density at radius 3 is 2.24 bits per heavy atom. The molecular weight excluding hydrogens is 390 g/mol. The maximum absolute atomic E-state index is 12.7. The highest BCUT2D eigenvalue weighted by Crippen LogP contribution is 2.39. The Kier molecular flexibility index (Phi) is 9.14. The van der Waals surface area contributed by atoms with Crippen molar-refractivity contribution in [3.05, 3.63) is 23.3 Å². The fourth-order valence-electron chi connectivity index (χ4n) is 2.48. The lowest BCUT2D eigenvalue weighted by molar-refractivity contribution is -0.170. The Balaban J connectivity index is 3.34. The van der Waals surface area contributed by atoms with Gasteiger partial charge in [0.1, 0.15) is 11.5 Å². The smallest absolute Gasteiger partial charge is 0.253 e. The van der Waals surface area contributed by atoms with E-state index in [0.717, 1.165) is 11.1 Å². The maximum atomic E-state index is 12.7. The quantitative estimate of drug-likeness (QED) is 0.315. The van der Waals surface area contributed by atoms with Crippen molar-refractivity contribution in [2.75, 3.05) is 35.2 Å². The number of carbonyl (C=O) groups excluding carboxylic acids is 1.